The first-order valence-electron chi connectivity index (χ1n) is 12.8. The number of fused-ring (bicyclic) bond motifs is 2. The van der Waals surface area contributed by atoms with Gasteiger partial charge in [0, 0.05) is 35.4 Å². The highest BCUT2D eigenvalue weighted by Gasteiger charge is 2.45. The highest BCUT2D eigenvalue weighted by molar-refractivity contribution is 7.81. The van der Waals surface area contributed by atoms with Gasteiger partial charge in [-0.3, -0.25) is 14.6 Å². The predicted octanol–water partition coefficient (Wildman–Crippen LogP) is 3.72. The number of anilines is 1. The molecule has 14 heteroatoms. The standard InChI is InChI=1S/C25H30F5N5O3S/c1-11(23(37)34-13-7-16(36)8-13)32-20(24(38)35-14-3-4-15(35)6-5-14)21(39)18-10-31-19(9-17(18)22(26)27)33-12(2)25(28,29)30/h9-10,12-16,20,22,36H,3-8H2,1-2H3,(H,31,33)(H,34,37)/b32-11+/t12-,13-,14?,15?,16-,20?/m0/s1. The predicted molar refractivity (Wildman–Crippen MR) is 137 cm³/mol. The number of halogens is 5. The molecule has 1 aromatic heterocycles. The van der Waals surface area contributed by atoms with Gasteiger partial charge in [-0.25, -0.2) is 13.8 Å². The molecule has 2 amide bonds. The van der Waals surface area contributed by atoms with Crippen LogP contribution in [-0.2, 0) is 9.59 Å². The van der Waals surface area contributed by atoms with E-state index in [9.17, 15) is 36.6 Å². The summed E-state index contributed by atoms with van der Waals surface area (Å²) in [5, 5.41) is 14.2. The molecule has 1 saturated carbocycles. The quantitative estimate of drug-likeness (QED) is 0.179. The van der Waals surface area contributed by atoms with Gasteiger partial charge in [0.25, 0.3) is 18.2 Å². The number of amides is 2. The molecule has 1 aliphatic carbocycles. The minimum Gasteiger partial charge on any atom is -0.393 e. The molecule has 3 heterocycles. The molecule has 2 atom stereocenters. The van der Waals surface area contributed by atoms with E-state index in [1.54, 1.807) is 4.90 Å². The first-order valence-corrected chi connectivity index (χ1v) is 13.2. The maximum atomic E-state index is 14.1. The fourth-order valence-electron chi connectivity index (χ4n) is 5.27. The maximum Gasteiger partial charge on any atom is 0.408 e. The van der Waals surface area contributed by atoms with Crippen LogP contribution < -0.4 is 10.6 Å². The molecule has 2 aliphatic heterocycles. The van der Waals surface area contributed by atoms with Gasteiger partial charge in [0.15, 0.2) is 6.04 Å². The van der Waals surface area contributed by atoms with Gasteiger partial charge in [-0.1, -0.05) is 12.2 Å². The van der Waals surface area contributed by atoms with E-state index in [4.69, 9.17) is 12.2 Å². The van der Waals surface area contributed by atoms with Crippen molar-refractivity contribution in [3.8, 4) is 0 Å². The van der Waals surface area contributed by atoms with Crippen LogP contribution in [0, 0.1) is 0 Å². The van der Waals surface area contributed by atoms with Gasteiger partial charge in [-0.15, -0.1) is 0 Å². The number of thiocarbonyl (C=S) groups is 1. The van der Waals surface area contributed by atoms with E-state index >= 15 is 0 Å². The molecule has 2 bridgehead atoms. The number of hydrogen-bond acceptors (Lipinski definition) is 7. The summed E-state index contributed by atoms with van der Waals surface area (Å²) in [5.74, 6) is -1.52. The number of rotatable bonds is 9. The molecule has 0 spiro atoms. The second-order valence-corrected chi connectivity index (χ2v) is 10.8. The Morgan fingerprint density at radius 2 is 1.77 bits per heavy atom. The summed E-state index contributed by atoms with van der Waals surface area (Å²) in [4.78, 5) is 36.0. The second-order valence-electron chi connectivity index (χ2n) is 10.3. The average Bonchev–Trinajstić information content (AvgIpc) is 3.45. The molecule has 0 aromatic carbocycles. The number of aromatic nitrogens is 1. The Morgan fingerprint density at radius 1 is 1.18 bits per heavy atom. The molecular formula is C25H30F5N5O3S. The van der Waals surface area contributed by atoms with Gasteiger partial charge in [0.05, 0.1) is 16.7 Å². The Hall–Kier alpha value is -2.74. The van der Waals surface area contributed by atoms with E-state index in [0.29, 0.717) is 12.8 Å². The fourth-order valence-corrected chi connectivity index (χ4v) is 5.60. The van der Waals surface area contributed by atoms with Crippen molar-refractivity contribution < 1.29 is 36.6 Å². The number of aliphatic imine (C=N–C) groups is 1. The fraction of sp³-hybridized carbons (Fsp3) is 0.640. The molecule has 3 fully saturated rings. The molecule has 3 aliphatic rings. The van der Waals surface area contributed by atoms with Crippen molar-refractivity contribution in [2.24, 2.45) is 4.99 Å². The summed E-state index contributed by atoms with van der Waals surface area (Å²) >= 11 is 5.50. The number of aliphatic hydroxyl groups is 1. The number of alkyl halides is 5. The number of carbonyl (C=O) groups excluding carboxylic acids is 2. The summed E-state index contributed by atoms with van der Waals surface area (Å²) < 4.78 is 67.1. The molecule has 39 heavy (non-hydrogen) atoms. The maximum absolute atomic E-state index is 14.1. The van der Waals surface area contributed by atoms with E-state index in [2.05, 4.69) is 20.6 Å². The van der Waals surface area contributed by atoms with Crippen LogP contribution in [0.3, 0.4) is 0 Å². The minimum absolute atomic E-state index is 0.0308. The van der Waals surface area contributed by atoms with E-state index in [1.807, 2.05) is 0 Å². The first-order chi connectivity index (χ1) is 18.3. The lowest BCUT2D eigenvalue weighted by Crippen LogP contribution is -2.49. The Morgan fingerprint density at radius 3 is 2.28 bits per heavy atom. The van der Waals surface area contributed by atoms with Crippen molar-refractivity contribution in [1.82, 2.24) is 15.2 Å². The number of hydrogen-bond donors (Lipinski definition) is 3. The number of carbonyl (C=O) groups is 2. The second kappa shape index (κ2) is 11.4. The van der Waals surface area contributed by atoms with Gasteiger partial charge in [0.2, 0.25) is 0 Å². The summed E-state index contributed by atoms with van der Waals surface area (Å²) in [6, 6.07) is -3.06. The lowest BCUT2D eigenvalue weighted by molar-refractivity contribution is -0.138. The zero-order valence-corrected chi connectivity index (χ0v) is 22.2. The molecule has 8 nitrogen and oxygen atoms in total. The number of nitrogens with zero attached hydrogens (tertiary/aromatic N) is 3. The largest absolute Gasteiger partial charge is 0.408 e. The van der Waals surface area contributed by atoms with Gasteiger partial charge in [0.1, 0.15) is 11.9 Å². The third-order valence-electron chi connectivity index (χ3n) is 7.58. The van der Waals surface area contributed by atoms with Crippen molar-refractivity contribution in [3.63, 3.8) is 0 Å². The molecule has 2 saturated heterocycles. The van der Waals surface area contributed by atoms with Crippen molar-refractivity contribution in [3.05, 3.63) is 23.4 Å². The van der Waals surface area contributed by atoms with Gasteiger partial charge in [-0.2, -0.15) is 13.2 Å². The molecule has 214 valence electrons. The molecule has 1 aromatic rings. The van der Waals surface area contributed by atoms with Crippen molar-refractivity contribution in [1.29, 1.82) is 0 Å². The normalized spacial score (nSPS) is 26.3. The van der Waals surface area contributed by atoms with Crippen LogP contribution in [0.2, 0.25) is 0 Å². The van der Waals surface area contributed by atoms with Crippen molar-refractivity contribution >= 4 is 40.4 Å². The smallest absolute Gasteiger partial charge is 0.393 e. The third-order valence-corrected chi connectivity index (χ3v) is 8.02. The van der Waals surface area contributed by atoms with E-state index < -0.39 is 54.0 Å². The SMILES string of the molecule is C/C(=N\C(C(=O)N1C2CCC1CC2)C(=S)c1cnc(N[C@@H](C)C(F)(F)F)cc1C(F)F)C(=O)N[C@H]1C[C@H](O)C1. The number of pyridine rings is 1. The van der Waals surface area contributed by atoms with Crippen molar-refractivity contribution in [2.75, 3.05) is 5.32 Å². The van der Waals surface area contributed by atoms with Crippen LogP contribution >= 0.6 is 12.2 Å². The number of nitrogens with one attached hydrogen (secondary N) is 2. The highest BCUT2D eigenvalue weighted by atomic mass is 32.1. The van der Waals surface area contributed by atoms with Crippen LogP contribution in [0.25, 0.3) is 0 Å². The third kappa shape index (κ3) is 6.37. The Balaban J connectivity index is 1.65. The zero-order valence-electron chi connectivity index (χ0n) is 21.3. The van der Waals surface area contributed by atoms with Gasteiger partial charge < -0.3 is 20.6 Å². The number of aliphatic hydroxyl groups excluding tert-OH is 1. The molecular weight excluding hydrogens is 545 g/mol. The average molecular weight is 576 g/mol. The molecule has 1 unspecified atom stereocenters. The summed E-state index contributed by atoms with van der Waals surface area (Å²) in [5.41, 5.74) is -1.09. The summed E-state index contributed by atoms with van der Waals surface area (Å²) in [6.07, 6.45) is -3.41. The lowest BCUT2D eigenvalue weighted by atomic mass is 9.89. The minimum atomic E-state index is -4.63. The molecule has 3 N–H and O–H groups in total. The summed E-state index contributed by atoms with van der Waals surface area (Å²) in [7, 11) is 0. The van der Waals surface area contributed by atoms with Gasteiger partial charge >= 0.3 is 6.18 Å². The van der Waals surface area contributed by atoms with Crippen molar-refractivity contribution in [2.45, 2.75) is 101 Å². The van der Waals surface area contributed by atoms with Crippen LogP contribution in [-0.4, -0.2) is 79.9 Å². The van der Waals surface area contributed by atoms with Crippen LogP contribution in [0.5, 0.6) is 0 Å². The van der Waals surface area contributed by atoms with E-state index in [0.717, 1.165) is 44.9 Å². The first kappa shape index (κ1) is 29.2. The monoisotopic (exact) mass is 575 g/mol. The van der Waals surface area contributed by atoms with Gasteiger partial charge in [-0.05, 0) is 58.4 Å². The molecule has 0 radical (unpaired) electrons. The molecule has 4 rings (SSSR count). The topological polar surface area (TPSA) is 107 Å². The Labute approximate surface area is 227 Å². The van der Waals surface area contributed by atoms with E-state index in [1.165, 1.54) is 6.92 Å². The zero-order chi connectivity index (χ0) is 28.6. The Kier molecular flexibility index (Phi) is 8.55. The highest BCUT2D eigenvalue weighted by Crippen LogP contribution is 2.38. The Bertz CT molecular complexity index is 1140. The summed E-state index contributed by atoms with van der Waals surface area (Å²) in [6.45, 7) is 2.21. The van der Waals surface area contributed by atoms with Crippen LogP contribution in [0.15, 0.2) is 17.3 Å². The van der Waals surface area contributed by atoms with Crippen LogP contribution in [0.4, 0.5) is 27.8 Å². The van der Waals surface area contributed by atoms with Crippen LogP contribution in [0.1, 0.15) is 69.9 Å². The van der Waals surface area contributed by atoms with E-state index in [-0.39, 0.29) is 34.3 Å². The lowest BCUT2D eigenvalue weighted by Gasteiger charge is -2.32.